The second-order valence-electron chi connectivity index (χ2n) is 6.11. The van der Waals surface area contributed by atoms with Crippen molar-refractivity contribution in [2.75, 3.05) is 13.1 Å². The fraction of sp³-hybridized carbons (Fsp3) is 0.857. The van der Waals surface area contributed by atoms with Crippen LogP contribution in [0.15, 0.2) is 0 Å². The van der Waals surface area contributed by atoms with E-state index in [4.69, 9.17) is 4.74 Å². The molecule has 2 fully saturated rings. The summed E-state index contributed by atoms with van der Waals surface area (Å²) in [6.45, 7) is 7.03. The van der Waals surface area contributed by atoms with Crippen LogP contribution in [0.4, 0.5) is 4.79 Å². The second kappa shape index (κ2) is 4.90. The highest BCUT2D eigenvalue weighted by molar-refractivity contribution is 5.90. The molecule has 1 amide bonds. The minimum atomic E-state index is -0.929. The van der Waals surface area contributed by atoms with E-state index in [-0.39, 0.29) is 17.8 Å². The molecule has 18 heavy (non-hydrogen) atoms. The Bertz CT molecular complexity index is 345. The summed E-state index contributed by atoms with van der Waals surface area (Å²) < 4.78 is 5.55. The molecule has 1 aliphatic carbocycles. The number of amides is 1. The van der Waals surface area contributed by atoms with Gasteiger partial charge in [0, 0.05) is 19.0 Å². The van der Waals surface area contributed by atoms with E-state index in [9.17, 15) is 9.59 Å². The van der Waals surface area contributed by atoms with Crippen molar-refractivity contribution in [2.45, 2.75) is 52.1 Å². The standard InChI is InChI=1S/C14H23NO3/c1-10(2)12(16)14(3,9-11-5-6-11)18-13(17)15-7-4-8-15/h10-11H,4-9H2,1-3H3/t14-/m1/s1. The third kappa shape index (κ3) is 2.85. The van der Waals surface area contributed by atoms with E-state index in [1.165, 1.54) is 0 Å². The average molecular weight is 253 g/mol. The molecular formula is C14H23NO3. The van der Waals surface area contributed by atoms with E-state index in [1.807, 2.05) is 13.8 Å². The molecule has 0 aromatic carbocycles. The van der Waals surface area contributed by atoms with Crippen molar-refractivity contribution in [3.63, 3.8) is 0 Å². The summed E-state index contributed by atoms with van der Waals surface area (Å²) in [5, 5.41) is 0. The van der Waals surface area contributed by atoms with E-state index in [0.29, 0.717) is 12.3 Å². The Morgan fingerprint density at radius 2 is 1.94 bits per heavy atom. The highest BCUT2D eigenvalue weighted by atomic mass is 16.6. The SMILES string of the molecule is CC(C)C(=O)[C@@](C)(CC1CC1)OC(=O)N1CCC1. The largest absolute Gasteiger partial charge is 0.435 e. The summed E-state index contributed by atoms with van der Waals surface area (Å²) in [7, 11) is 0. The van der Waals surface area contributed by atoms with Gasteiger partial charge in [-0.3, -0.25) is 4.79 Å². The van der Waals surface area contributed by atoms with Crippen LogP contribution in [0.3, 0.4) is 0 Å². The monoisotopic (exact) mass is 253 g/mol. The zero-order chi connectivity index (χ0) is 13.3. The van der Waals surface area contributed by atoms with Gasteiger partial charge in [0.15, 0.2) is 11.4 Å². The molecule has 1 saturated carbocycles. The second-order valence-corrected chi connectivity index (χ2v) is 6.11. The predicted molar refractivity (Wildman–Crippen MR) is 68.3 cm³/mol. The summed E-state index contributed by atoms with van der Waals surface area (Å²) in [5.74, 6) is 0.503. The summed E-state index contributed by atoms with van der Waals surface area (Å²) in [6.07, 6.45) is 3.71. The fourth-order valence-electron chi connectivity index (χ4n) is 2.43. The number of likely N-dealkylation sites (tertiary alicyclic amines) is 1. The Kier molecular flexibility index (Phi) is 3.64. The highest BCUT2D eigenvalue weighted by Gasteiger charge is 2.44. The Hall–Kier alpha value is -1.06. The number of Topliss-reactive ketones (excluding diaryl/α,β-unsaturated/α-hetero) is 1. The molecule has 1 heterocycles. The molecule has 4 nitrogen and oxygen atoms in total. The minimum absolute atomic E-state index is 0.0447. The van der Waals surface area contributed by atoms with Crippen molar-refractivity contribution in [2.24, 2.45) is 11.8 Å². The van der Waals surface area contributed by atoms with Crippen LogP contribution < -0.4 is 0 Å². The normalized spacial score (nSPS) is 22.3. The molecule has 0 unspecified atom stereocenters. The lowest BCUT2D eigenvalue weighted by Gasteiger charge is -2.36. The summed E-state index contributed by atoms with van der Waals surface area (Å²) >= 11 is 0. The smallest absolute Gasteiger partial charge is 0.410 e. The van der Waals surface area contributed by atoms with Gasteiger partial charge in [0.1, 0.15) is 0 Å². The van der Waals surface area contributed by atoms with Crippen LogP contribution in [0.25, 0.3) is 0 Å². The van der Waals surface area contributed by atoms with Gasteiger partial charge in [0.2, 0.25) is 0 Å². The van der Waals surface area contributed by atoms with Gasteiger partial charge in [-0.15, -0.1) is 0 Å². The maximum absolute atomic E-state index is 12.3. The zero-order valence-electron chi connectivity index (χ0n) is 11.6. The summed E-state index contributed by atoms with van der Waals surface area (Å²) in [6, 6.07) is 0. The molecule has 102 valence electrons. The molecule has 1 atom stereocenters. The quantitative estimate of drug-likeness (QED) is 0.756. The molecule has 4 heteroatoms. The number of nitrogens with zero attached hydrogens (tertiary/aromatic N) is 1. The fourth-order valence-corrected chi connectivity index (χ4v) is 2.43. The summed E-state index contributed by atoms with van der Waals surface area (Å²) in [4.78, 5) is 25.9. The Morgan fingerprint density at radius 3 is 2.33 bits per heavy atom. The maximum Gasteiger partial charge on any atom is 0.410 e. The molecule has 0 radical (unpaired) electrons. The minimum Gasteiger partial charge on any atom is -0.435 e. The van der Waals surface area contributed by atoms with Crippen LogP contribution in [0.1, 0.15) is 46.5 Å². The van der Waals surface area contributed by atoms with Crippen LogP contribution in [0, 0.1) is 11.8 Å². The number of hydrogen-bond donors (Lipinski definition) is 0. The van der Waals surface area contributed by atoms with Crippen molar-refractivity contribution in [1.82, 2.24) is 4.90 Å². The van der Waals surface area contributed by atoms with Crippen LogP contribution in [0.5, 0.6) is 0 Å². The molecule has 1 aliphatic heterocycles. The van der Waals surface area contributed by atoms with Crippen molar-refractivity contribution >= 4 is 11.9 Å². The van der Waals surface area contributed by atoms with Gasteiger partial charge >= 0.3 is 6.09 Å². The molecule has 0 bridgehead atoms. The van der Waals surface area contributed by atoms with Gasteiger partial charge < -0.3 is 9.64 Å². The number of rotatable bonds is 5. The molecule has 2 rings (SSSR count). The molecule has 0 aromatic rings. The Labute approximate surface area is 109 Å². The predicted octanol–water partition coefficient (Wildman–Crippen LogP) is 2.61. The van der Waals surface area contributed by atoms with Crippen molar-refractivity contribution in [3.05, 3.63) is 0 Å². The molecule has 1 saturated heterocycles. The van der Waals surface area contributed by atoms with E-state index in [1.54, 1.807) is 11.8 Å². The van der Waals surface area contributed by atoms with Gasteiger partial charge in [0.05, 0.1) is 0 Å². The van der Waals surface area contributed by atoms with Crippen molar-refractivity contribution in [3.8, 4) is 0 Å². The Balaban J connectivity index is 2.02. The first kappa shape index (κ1) is 13.4. The van der Waals surface area contributed by atoms with Crippen molar-refractivity contribution in [1.29, 1.82) is 0 Å². The molecular weight excluding hydrogens is 230 g/mol. The summed E-state index contributed by atoms with van der Waals surface area (Å²) in [5.41, 5.74) is -0.929. The van der Waals surface area contributed by atoms with Crippen LogP contribution >= 0.6 is 0 Å². The molecule has 0 aromatic heterocycles. The highest BCUT2D eigenvalue weighted by Crippen LogP contribution is 2.39. The van der Waals surface area contributed by atoms with E-state index in [0.717, 1.165) is 32.4 Å². The third-order valence-corrected chi connectivity index (χ3v) is 3.85. The lowest BCUT2D eigenvalue weighted by atomic mass is 9.87. The van der Waals surface area contributed by atoms with Crippen LogP contribution in [-0.4, -0.2) is 35.5 Å². The van der Waals surface area contributed by atoms with Gasteiger partial charge in [-0.25, -0.2) is 4.79 Å². The topological polar surface area (TPSA) is 46.6 Å². The maximum atomic E-state index is 12.3. The number of ether oxygens (including phenoxy) is 1. The van der Waals surface area contributed by atoms with E-state index < -0.39 is 5.60 Å². The first-order chi connectivity index (χ1) is 8.42. The lowest BCUT2D eigenvalue weighted by molar-refractivity contribution is -0.141. The van der Waals surface area contributed by atoms with Gasteiger partial charge in [-0.05, 0) is 25.7 Å². The van der Waals surface area contributed by atoms with E-state index in [2.05, 4.69) is 0 Å². The molecule has 2 aliphatic rings. The van der Waals surface area contributed by atoms with E-state index >= 15 is 0 Å². The van der Waals surface area contributed by atoms with Gasteiger partial charge in [0.25, 0.3) is 0 Å². The number of carbonyl (C=O) groups excluding carboxylic acids is 2. The van der Waals surface area contributed by atoms with Gasteiger partial charge in [-0.2, -0.15) is 0 Å². The number of carbonyl (C=O) groups is 2. The van der Waals surface area contributed by atoms with Crippen LogP contribution in [0.2, 0.25) is 0 Å². The number of hydrogen-bond acceptors (Lipinski definition) is 3. The first-order valence-corrected chi connectivity index (χ1v) is 6.94. The zero-order valence-corrected chi connectivity index (χ0v) is 11.6. The number of ketones is 1. The lowest BCUT2D eigenvalue weighted by Crippen LogP contribution is -2.50. The molecule has 0 spiro atoms. The van der Waals surface area contributed by atoms with Crippen molar-refractivity contribution < 1.29 is 14.3 Å². The Morgan fingerprint density at radius 1 is 1.33 bits per heavy atom. The molecule has 0 N–H and O–H groups in total. The van der Waals surface area contributed by atoms with Crippen LogP contribution in [-0.2, 0) is 9.53 Å². The average Bonchev–Trinajstić information content (AvgIpc) is 2.96. The first-order valence-electron chi connectivity index (χ1n) is 6.94. The third-order valence-electron chi connectivity index (χ3n) is 3.85. The van der Waals surface area contributed by atoms with Gasteiger partial charge in [-0.1, -0.05) is 26.7 Å².